The van der Waals surface area contributed by atoms with Crippen molar-refractivity contribution in [2.24, 2.45) is 0 Å². The van der Waals surface area contributed by atoms with Crippen LogP contribution in [0.2, 0.25) is 0 Å². The molecule has 0 aliphatic rings. The van der Waals surface area contributed by atoms with Crippen LogP contribution in [0.25, 0.3) is 65.7 Å². The third-order valence-electron chi connectivity index (χ3n) is 9.13. The average molecular weight is 577 g/mol. The van der Waals surface area contributed by atoms with E-state index in [0.29, 0.717) is 0 Å². The first-order valence-electron chi connectivity index (χ1n) is 15.6. The summed E-state index contributed by atoms with van der Waals surface area (Å²) in [5, 5.41) is 7.65. The molecule has 0 unspecified atom stereocenters. The Bertz CT molecular complexity index is 2240. The molecule has 0 aliphatic carbocycles. The third kappa shape index (κ3) is 5.19. The summed E-state index contributed by atoms with van der Waals surface area (Å²) in [6, 6.07) is 48.3. The number of aryl methyl sites for hydroxylation is 2. The van der Waals surface area contributed by atoms with Crippen LogP contribution < -0.4 is 0 Å². The summed E-state index contributed by atoms with van der Waals surface area (Å²) in [7, 11) is 0. The highest BCUT2D eigenvalue weighted by atomic mass is 14.2. The third-order valence-corrected chi connectivity index (χ3v) is 9.13. The molecular formula is C45H36. The van der Waals surface area contributed by atoms with Crippen molar-refractivity contribution >= 4 is 43.5 Å². The van der Waals surface area contributed by atoms with Crippen molar-refractivity contribution in [2.75, 3.05) is 0 Å². The quantitative estimate of drug-likeness (QED) is 0.136. The van der Waals surface area contributed by atoms with Crippen molar-refractivity contribution in [1.29, 1.82) is 0 Å². The Morgan fingerprint density at radius 3 is 1.87 bits per heavy atom. The normalized spacial score (nSPS) is 12.0. The van der Waals surface area contributed by atoms with Gasteiger partial charge in [0, 0.05) is 0 Å². The predicted molar refractivity (Wildman–Crippen MR) is 198 cm³/mol. The molecule has 0 saturated heterocycles. The van der Waals surface area contributed by atoms with Gasteiger partial charge in [-0.2, -0.15) is 0 Å². The fourth-order valence-electron chi connectivity index (χ4n) is 6.79. The van der Waals surface area contributed by atoms with E-state index in [1.807, 2.05) is 6.07 Å². The van der Waals surface area contributed by atoms with Gasteiger partial charge in [0.2, 0.25) is 0 Å². The van der Waals surface area contributed by atoms with E-state index < -0.39 is 0 Å². The minimum Gasteiger partial charge on any atom is -0.0912 e. The lowest BCUT2D eigenvalue weighted by molar-refractivity contribution is 1.43. The van der Waals surface area contributed by atoms with Crippen LogP contribution in [0.4, 0.5) is 0 Å². The monoisotopic (exact) mass is 576 g/mol. The second-order valence-electron chi connectivity index (χ2n) is 11.9. The Balaban J connectivity index is 1.40. The molecule has 0 N–H and O–H groups in total. The molecule has 0 spiro atoms. The lowest BCUT2D eigenvalue weighted by Crippen LogP contribution is -1.94. The minimum absolute atomic E-state index is 1.00. The van der Waals surface area contributed by atoms with Gasteiger partial charge in [-0.15, -0.1) is 0 Å². The van der Waals surface area contributed by atoms with Gasteiger partial charge in [0.25, 0.3) is 0 Å². The molecule has 7 aromatic rings. The zero-order valence-corrected chi connectivity index (χ0v) is 26.1. The largest absolute Gasteiger partial charge is 0.0912 e. The van der Waals surface area contributed by atoms with E-state index in [1.54, 1.807) is 0 Å². The molecule has 0 bridgehead atoms. The summed E-state index contributed by atoms with van der Waals surface area (Å²) < 4.78 is 0. The standard InChI is InChI=1S/C45H36/c1-30(34-17-6-5-7-18-34)15-14-16-32(3)44-39-21-10-12-23-41(39)45(42-24-13-11-22-40(42)44)36-26-25-31(2)43(29-36)38-28-27-35-19-8-9-20-37(35)33(38)4/h5-29H,1H2,2-4H3/b15-14-,32-16+. The first-order chi connectivity index (χ1) is 22.0. The number of hydrogen-bond donors (Lipinski definition) is 0. The number of hydrogen-bond acceptors (Lipinski definition) is 0. The SMILES string of the molecule is C=C(/C=C\C=C(/C)c1c2ccccc2c(-c2ccc(C)c(-c3ccc4ccccc4c3C)c2)c2ccccc12)c1ccccc1. The van der Waals surface area contributed by atoms with Gasteiger partial charge in [-0.05, 0) is 115 Å². The molecule has 0 saturated carbocycles. The second-order valence-corrected chi connectivity index (χ2v) is 11.9. The molecular weight excluding hydrogens is 540 g/mol. The lowest BCUT2D eigenvalue weighted by atomic mass is 9.84. The highest BCUT2D eigenvalue weighted by Crippen LogP contribution is 2.43. The molecule has 0 atom stereocenters. The van der Waals surface area contributed by atoms with Crippen LogP contribution >= 0.6 is 0 Å². The van der Waals surface area contributed by atoms with Crippen molar-refractivity contribution < 1.29 is 0 Å². The fraction of sp³-hybridized carbons (Fsp3) is 0.0667. The van der Waals surface area contributed by atoms with Crippen molar-refractivity contribution in [3.63, 3.8) is 0 Å². The van der Waals surface area contributed by atoms with E-state index >= 15 is 0 Å². The summed E-state index contributed by atoms with van der Waals surface area (Å²) in [6.07, 6.45) is 6.44. The van der Waals surface area contributed by atoms with Gasteiger partial charge in [-0.3, -0.25) is 0 Å². The molecule has 0 aliphatic heterocycles. The van der Waals surface area contributed by atoms with Gasteiger partial charge in [-0.1, -0.05) is 152 Å². The second kappa shape index (κ2) is 11.9. The van der Waals surface area contributed by atoms with Crippen LogP contribution in [0, 0.1) is 13.8 Å². The minimum atomic E-state index is 1.00. The first kappa shape index (κ1) is 28.3. The number of benzene rings is 7. The molecule has 0 heteroatoms. The van der Waals surface area contributed by atoms with Crippen molar-refractivity contribution in [3.8, 4) is 22.3 Å². The maximum atomic E-state index is 4.28. The molecule has 0 heterocycles. The molecule has 0 nitrogen and oxygen atoms in total. The van der Waals surface area contributed by atoms with Gasteiger partial charge in [0.1, 0.15) is 0 Å². The number of allylic oxidation sites excluding steroid dienone is 5. The van der Waals surface area contributed by atoms with E-state index in [4.69, 9.17) is 0 Å². The van der Waals surface area contributed by atoms with Crippen LogP contribution in [0.5, 0.6) is 0 Å². The summed E-state index contributed by atoms with van der Waals surface area (Å²) in [5.74, 6) is 0. The molecule has 7 rings (SSSR count). The van der Waals surface area contributed by atoms with Gasteiger partial charge in [0.05, 0.1) is 0 Å². The van der Waals surface area contributed by atoms with E-state index in [1.165, 1.54) is 76.8 Å². The summed E-state index contributed by atoms with van der Waals surface area (Å²) >= 11 is 0. The van der Waals surface area contributed by atoms with Crippen LogP contribution in [0.3, 0.4) is 0 Å². The maximum absolute atomic E-state index is 4.28. The molecule has 0 amide bonds. The zero-order chi connectivity index (χ0) is 30.9. The Labute approximate surface area is 266 Å². The van der Waals surface area contributed by atoms with Gasteiger partial charge >= 0.3 is 0 Å². The Hall–Kier alpha value is -5.46. The number of fused-ring (bicyclic) bond motifs is 3. The van der Waals surface area contributed by atoms with Crippen LogP contribution in [-0.2, 0) is 0 Å². The van der Waals surface area contributed by atoms with Crippen molar-refractivity contribution in [2.45, 2.75) is 20.8 Å². The molecule has 0 fully saturated rings. The van der Waals surface area contributed by atoms with Gasteiger partial charge < -0.3 is 0 Å². The highest BCUT2D eigenvalue weighted by molar-refractivity contribution is 6.19. The smallest absolute Gasteiger partial charge is 0.00262 e. The Kier molecular flexibility index (Phi) is 7.49. The maximum Gasteiger partial charge on any atom is -0.00262 e. The van der Waals surface area contributed by atoms with E-state index in [0.717, 1.165) is 11.1 Å². The first-order valence-corrected chi connectivity index (χ1v) is 15.6. The molecule has 0 radical (unpaired) electrons. The Morgan fingerprint density at radius 1 is 0.578 bits per heavy atom. The summed E-state index contributed by atoms with van der Waals surface area (Å²) in [6.45, 7) is 11.0. The van der Waals surface area contributed by atoms with Gasteiger partial charge in [0.15, 0.2) is 0 Å². The van der Waals surface area contributed by atoms with E-state index in [-0.39, 0.29) is 0 Å². The van der Waals surface area contributed by atoms with E-state index in [2.05, 4.69) is 173 Å². The molecule has 216 valence electrons. The van der Waals surface area contributed by atoms with Crippen molar-refractivity contribution in [1.82, 2.24) is 0 Å². The number of rotatable bonds is 6. The average Bonchev–Trinajstić information content (AvgIpc) is 3.08. The summed E-state index contributed by atoms with van der Waals surface area (Å²) in [4.78, 5) is 0. The van der Waals surface area contributed by atoms with Crippen LogP contribution in [0.1, 0.15) is 29.2 Å². The van der Waals surface area contributed by atoms with Crippen LogP contribution in [-0.4, -0.2) is 0 Å². The predicted octanol–water partition coefficient (Wildman–Crippen LogP) is 12.8. The zero-order valence-electron chi connectivity index (χ0n) is 26.1. The molecule has 45 heavy (non-hydrogen) atoms. The Morgan fingerprint density at radius 2 is 1.18 bits per heavy atom. The summed E-state index contributed by atoms with van der Waals surface area (Å²) in [5.41, 5.74) is 12.3. The van der Waals surface area contributed by atoms with Crippen molar-refractivity contribution in [3.05, 3.63) is 181 Å². The van der Waals surface area contributed by atoms with E-state index in [9.17, 15) is 0 Å². The lowest BCUT2D eigenvalue weighted by Gasteiger charge is -2.19. The topological polar surface area (TPSA) is 0 Å². The molecule has 7 aromatic carbocycles. The molecule has 0 aromatic heterocycles. The van der Waals surface area contributed by atoms with Gasteiger partial charge in [-0.25, -0.2) is 0 Å². The van der Waals surface area contributed by atoms with Crippen LogP contribution in [0.15, 0.2) is 158 Å². The fourth-order valence-corrected chi connectivity index (χ4v) is 6.79. The highest BCUT2D eigenvalue weighted by Gasteiger charge is 2.17.